The Morgan fingerprint density at radius 2 is 1.87 bits per heavy atom. The highest BCUT2D eigenvalue weighted by molar-refractivity contribution is 5.47. The van der Waals surface area contributed by atoms with Gasteiger partial charge in [0.15, 0.2) is 0 Å². The lowest BCUT2D eigenvalue weighted by molar-refractivity contribution is 0.0561. The van der Waals surface area contributed by atoms with E-state index in [1.54, 1.807) is 6.07 Å². The van der Waals surface area contributed by atoms with Gasteiger partial charge in [-0.25, -0.2) is 0 Å². The third-order valence-corrected chi connectivity index (χ3v) is 6.51. The molecular weight excluding hydrogens is 384 g/mol. The minimum absolute atomic E-state index is 0.149. The predicted octanol–water partition coefficient (Wildman–Crippen LogP) is 7.20. The van der Waals surface area contributed by atoms with E-state index < -0.39 is 6.10 Å². The molecule has 0 aliphatic carbocycles. The normalized spacial score (nSPS) is 21.2. The van der Waals surface area contributed by atoms with Crippen LogP contribution in [0.3, 0.4) is 0 Å². The van der Waals surface area contributed by atoms with Crippen molar-refractivity contribution in [3.05, 3.63) is 58.2 Å². The van der Waals surface area contributed by atoms with Gasteiger partial charge in [-0.3, -0.25) is 0 Å². The molecule has 3 atom stereocenters. The maximum absolute atomic E-state index is 10.3. The van der Waals surface area contributed by atoms with Gasteiger partial charge in [-0.05, 0) is 103 Å². The molecule has 0 fully saturated rings. The van der Waals surface area contributed by atoms with Gasteiger partial charge in [-0.1, -0.05) is 41.9 Å². The summed E-state index contributed by atoms with van der Waals surface area (Å²) in [4.78, 5) is 0. The van der Waals surface area contributed by atoms with E-state index in [-0.39, 0.29) is 11.5 Å². The van der Waals surface area contributed by atoms with Crippen molar-refractivity contribution in [2.45, 2.75) is 98.7 Å². The fraction of sp³-hybridized carbons (Fsp3) is 0.571. The number of hydrogen-bond donors (Lipinski definition) is 2. The van der Waals surface area contributed by atoms with Crippen molar-refractivity contribution in [1.82, 2.24) is 0 Å². The van der Waals surface area contributed by atoms with E-state index in [1.165, 1.54) is 11.1 Å². The molecule has 0 saturated carbocycles. The molecule has 0 spiro atoms. The Bertz CT molecular complexity index is 842. The van der Waals surface area contributed by atoms with Crippen molar-refractivity contribution < 1.29 is 14.9 Å². The van der Waals surface area contributed by atoms with E-state index in [1.807, 2.05) is 32.9 Å². The molecule has 31 heavy (non-hydrogen) atoms. The molecule has 2 N–H and O–H groups in total. The van der Waals surface area contributed by atoms with Crippen LogP contribution < -0.4 is 4.74 Å². The van der Waals surface area contributed by atoms with Crippen LogP contribution in [0.15, 0.2) is 47.1 Å². The Hall–Kier alpha value is -2.00. The van der Waals surface area contributed by atoms with E-state index in [9.17, 15) is 10.2 Å². The highest BCUT2D eigenvalue weighted by Gasteiger charge is 2.32. The Labute approximate surface area is 189 Å². The second-order valence-electron chi connectivity index (χ2n) is 9.90. The summed E-state index contributed by atoms with van der Waals surface area (Å²) in [6.07, 6.45) is 12.1. The first kappa shape index (κ1) is 25.3. The Balaban J connectivity index is 1.84. The third-order valence-electron chi connectivity index (χ3n) is 6.51. The molecule has 1 heterocycles. The summed E-state index contributed by atoms with van der Waals surface area (Å²) in [6.45, 7) is 14.7. The van der Waals surface area contributed by atoms with Gasteiger partial charge >= 0.3 is 0 Å². The van der Waals surface area contributed by atoms with Gasteiger partial charge in [-0.2, -0.15) is 0 Å². The van der Waals surface area contributed by atoms with Crippen LogP contribution in [0.1, 0.15) is 84.8 Å². The van der Waals surface area contributed by atoms with Crippen LogP contribution in [0, 0.1) is 12.8 Å². The lowest BCUT2D eigenvalue weighted by Gasteiger charge is -2.36. The number of phenolic OH excluding ortho intramolecular Hbond substituents is 1. The monoisotopic (exact) mass is 426 g/mol. The number of aryl methyl sites for hydroxylation is 2. The molecule has 0 bridgehead atoms. The first-order chi connectivity index (χ1) is 14.5. The number of fused-ring (bicyclic) bond motifs is 1. The molecule has 2 rings (SSSR count). The number of phenols is 1. The Kier molecular flexibility index (Phi) is 9.00. The van der Waals surface area contributed by atoms with Crippen molar-refractivity contribution in [1.29, 1.82) is 0 Å². The van der Waals surface area contributed by atoms with E-state index in [2.05, 4.69) is 39.8 Å². The number of aromatic hydroxyl groups is 1. The zero-order chi connectivity index (χ0) is 23.2. The Morgan fingerprint density at radius 1 is 1.16 bits per heavy atom. The Morgan fingerprint density at radius 3 is 2.55 bits per heavy atom. The van der Waals surface area contributed by atoms with Gasteiger partial charge in [0.05, 0.1) is 6.10 Å². The molecule has 0 saturated heterocycles. The third kappa shape index (κ3) is 7.57. The minimum atomic E-state index is -0.410. The van der Waals surface area contributed by atoms with Crippen LogP contribution in [0.25, 0.3) is 0 Å². The summed E-state index contributed by atoms with van der Waals surface area (Å²) in [5.74, 6) is 1.43. The van der Waals surface area contributed by atoms with Gasteiger partial charge in [0.2, 0.25) is 0 Å². The molecule has 1 aliphatic heterocycles. The first-order valence-corrected chi connectivity index (χ1v) is 11.7. The van der Waals surface area contributed by atoms with Crippen molar-refractivity contribution in [2.75, 3.05) is 0 Å². The van der Waals surface area contributed by atoms with Crippen LogP contribution in [-0.4, -0.2) is 21.9 Å². The lowest BCUT2D eigenvalue weighted by Crippen LogP contribution is -2.36. The van der Waals surface area contributed by atoms with Crippen LogP contribution >= 0.6 is 0 Å². The highest BCUT2D eigenvalue weighted by atomic mass is 16.5. The number of aliphatic hydroxyl groups is 1. The van der Waals surface area contributed by atoms with E-state index in [0.717, 1.165) is 61.0 Å². The molecular formula is C28H42O3. The lowest BCUT2D eigenvalue weighted by atomic mass is 9.87. The molecule has 172 valence electrons. The zero-order valence-electron chi connectivity index (χ0n) is 20.6. The smallest absolute Gasteiger partial charge is 0.126 e. The fourth-order valence-corrected chi connectivity index (χ4v) is 4.23. The van der Waals surface area contributed by atoms with Crippen molar-refractivity contribution in [3.8, 4) is 11.5 Å². The summed E-state index contributed by atoms with van der Waals surface area (Å²) in [7, 11) is 0. The van der Waals surface area contributed by atoms with E-state index in [0.29, 0.717) is 5.75 Å². The maximum atomic E-state index is 10.3. The molecule has 0 aromatic heterocycles. The average molecular weight is 427 g/mol. The maximum Gasteiger partial charge on any atom is 0.126 e. The van der Waals surface area contributed by atoms with Gasteiger partial charge in [0.1, 0.15) is 17.1 Å². The molecule has 0 radical (unpaired) electrons. The van der Waals surface area contributed by atoms with Gasteiger partial charge in [0.25, 0.3) is 0 Å². The minimum Gasteiger partial charge on any atom is -0.508 e. The summed E-state index contributed by atoms with van der Waals surface area (Å²) in [5, 5.41) is 20.1. The SMILES string of the molecule is CC(C)=CC(O)C(C)/C(C)=C/CC/C(C)=C/CC[C@]1(C)CCc2cc(O)cc(C)c2O1. The summed E-state index contributed by atoms with van der Waals surface area (Å²) in [5.41, 5.74) is 5.78. The number of hydrogen-bond acceptors (Lipinski definition) is 3. The van der Waals surface area contributed by atoms with Crippen LogP contribution in [0.5, 0.6) is 11.5 Å². The van der Waals surface area contributed by atoms with E-state index >= 15 is 0 Å². The van der Waals surface area contributed by atoms with Gasteiger partial charge < -0.3 is 14.9 Å². The van der Waals surface area contributed by atoms with Crippen LogP contribution in [0.2, 0.25) is 0 Å². The molecule has 0 amide bonds. The van der Waals surface area contributed by atoms with Crippen LogP contribution in [0.4, 0.5) is 0 Å². The number of benzene rings is 1. The number of ether oxygens (including phenoxy) is 1. The molecule has 1 aliphatic rings. The average Bonchev–Trinajstić information content (AvgIpc) is 2.67. The first-order valence-electron chi connectivity index (χ1n) is 11.7. The van der Waals surface area contributed by atoms with E-state index in [4.69, 9.17) is 4.74 Å². The largest absolute Gasteiger partial charge is 0.508 e. The second kappa shape index (κ2) is 11.0. The topological polar surface area (TPSA) is 49.7 Å². The second-order valence-corrected chi connectivity index (χ2v) is 9.90. The highest BCUT2D eigenvalue weighted by Crippen LogP contribution is 2.39. The quantitative estimate of drug-likeness (QED) is 0.410. The van der Waals surface area contributed by atoms with Gasteiger partial charge in [-0.15, -0.1) is 0 Å². The number of allylic oxidation sites excluding steroid dienone is 4. The standard InChI is InChI=1S/C28H42O3/c1-19(2)16-26(30)23(6)21(4)12-8-10-20(3)11-9-14-28(7)15-13-24-18-25(29)17-22(5)27(24)31-28/h11-12,16-18,23,26,29-30H,8-10,13-15H2,1-7H3/b20-11+,21-12+/t23?,26?,28-/m1/s1. The molecule has 3 heteroatoms. The molecule has 1 aromatic rings. The summed E-state index contributed by atoms with van der Waals surface area (Å²) >= 11 is 0. The molecule has 2 unspecified atom stereocenters. The zero-order valence-corrected chi connectivity index (χ0v) is 20.6. The number of aliphatic hydroxyl groups excluding tert-OH is 1. The summed E-state index contributed by atoms with van der Waals surface area (Å²) < 4.78 is 6.40. The van der Waals surface area contributed by atoms with Crippen molar-refractivity contribution in [2.24, 2.45) is 5.92 Å². The molecule has 1 aromatic carbocycles. The summed E-state index contributed by atoms with van der Waals surface area (Å²) in [6, 6.07) is 3.62. The fourth-order valence-electron chi connectivity index (χ4n) is 4.23. The number of rotatable bonds is 9. The molecule has 3 nitrogen and oxygen atoms in total. The van der Waals surface area contributed by atoms with Crippen LogP contribution in [-0.2, 0) is 6.42 Å². The predicted molar refractivity (Wildman–Crippen MR) is 131 cm³/mol. The van der Waals surface area contributed by atoms with Crippen molar-refractivity contribution >= 4 is 0 Å². The van der Waals surface area contributed by atoms with Gasteiger partial charge in [0, 0.05) is 5.92 Å². The van der Waals surface area contributed by atoms with Crippen molar-refractivity contribution in [3.63, 3.8) is 0 Å².